The normalized spacial score (nSPS) is 15.2. The van der Waals surface area contributed by atoms with E-state index in [0.29, 0.717) is 57.6 Å². The lowest BCUT2D eigenvalue weighted by Crippen LogP contribution is -2.56. The number of methoxy groups -OCH3 is 2. The Morgan fingerprint density at radius 1 is 0.472 bits per heavy atom. The Kier molecular flexibility index (Phi) is 17.1. The number of nitrogens with zero attached hydrogens (tertiary/aromatic N) is 1. The Balaban J connectivity index is 2.15. The van der Waals surface area contributed by atoms with Crippen molar-refractivity contribution >= 4 is 0 Å². The summed E-state index contributed by atoms with van der Waals surface area (Å²) >= 11 is 0. The molecular formula is C57H72F12NO2+. The fourth-order valence-electron chi connectivity index (χ4n) is 10.8. The van der Waals surface area contributed by atoms with Crippen molar-refractivity contribution in [2.24, 2.45) is 5.41 Å². The number of hydrogen-bond acceptors (Lipinski definition) is 2. The predicted octanol–water partition coefficient (Wildman–Crippen LogP) is 19.2. The highest BCUT2D eigenvalue weighted by Crippen LogP contribution is 2.56. The highest BCUT2D eigenvalue weighted by Gasteiger charge is 2.48. The van der Waals surface area contributed by atoms with E-state index in [1.807, 2.05) is 7.05 Å². The van der Waals surface area contributed by atoms with Crippen LogP contribution >= 0.6 is 0 Å². The first-order valence-corrected chi connectivity index (χ1v) is 24.9. The van der Waals surface area contributed by atoms with Gasteiger partial charge < -0.3 is 14.0 Å². The molecule has 15 heteroatoms. The molecule has 0 aromatic heterocycles. The molecule has 5 rings (SSSR count). The van der Waals surface area contributed by atoms with Crippen LogP contribution in [0, 0.1) is 5.41 Å². The molecule has 1 atom stereocenters. The van der Waals surface area contributed by atoms with Gasteiger partial charge in [0.05, 0.1) is 49.6 Å². The van der Waals surface area contributed by atoms with Crippen molar-refractivity contribution in [3.8, 4) is 44.9 Å². The van der Waals surface area contributed by atoms with Crippen molar-refractivity contribution in [2.75, 3.05) is 21.3 Å². The maximum atomic E-state index is 14.8. The fourth-order valence-corrected chi connectivity index (χ4v) is 10.8. The summed E-state index contributed by atoms with van der Waals surface area (Å²) in [4.78, 5) is 0. The molecule has 0 saturated heterocycles. The van der Waals surface area contributed by atoms with Crippen LogP contribution in [0.25, 0.3) is 33.4 Å². The van der Waals surface area contributed by atoms with Crippen LogP contribution in [0.4, 0.5) is 52.7 Å². The van der Waals surface area contributed by atoms with Gasteiger partial charge in [0.25, 0.3) is 0 Å². The SMILES string of the molecule is CCCCCCC(C)(CCCCCC)[C@H](C)[N+]1(C)Cc2c(cc(C(C)(C)C)c(OC)c2-c2cc(C(F)(F)F)cc(C(F)(F)F)c2)-c2cc(C(C)(C)C)c(OC)c(-c3cc(C(F)(F)F)cc(C(F)(F)F)c3)c2C1. The predicted molar refractivity (Wildman–Crippen MR) is 262 cm³/mol. The Morgan fingerprint density at radius 3 is 1.03 bits per heavy atom. The van der Waals surface area contributed by atoms with Crippen molar-refractivity contribution < 1.29 is 66.6 Å². The van der Waals surface area contributed by atoms with E-state index in [1.54, 1.807) is 53.7 Å². The van der Waals surface area contributed by atoms with E-state index < -0.39 is 74.3 Å². The molecule has 1 aliphatic rings. The number of quaternary nitrogens is 1. The van der Waals surface area contributed by atoms with E-state index in [0.717, 1.165) is 64.2 Å². The van der Waals surface area contributed by atoms with Crippen LogP contribution < -0.4 is 9.47 Å². The van der Waals surface area contributed by atoms with Crippen molar-refractivity contribution in [3.05, 3.63) is 93.0 Å². The first kappa shape index (κ1) is 58.5. The summed E-state index contributed by atoms with van der Waals surface area (Å²) in [6, 6.07) is 6.07. The van der Waals surface area contributed by atoms with Gasteiger partial charge in [-0.3, -0.25) is 0 Å². The zero-order valence-electron chi connectivity index (χ0n) is 44.0. The quantitative estimate of drug-likeness (QED) is 0.0633. The first-order chi connectivity index (χ1) is 33.0. The van der Waals surface area contributed by atoms with E-state index >= 15 is 0 Å². The van der Waals surface area contributed by atoms with Crippen LogP contribution in [-0.2, 0) is 48.6 Å². The summed E-state index contributed by atoms with van der Waals surface area (Å²) in [5.41, 5.74) is -7.21. The lowest BCUT2D eigenvalue weighted by Gasteiger charge is -2.49. The van der Waals surface area contributed by atoms with Crippen LogP contribution in [0.2, 0.25) is 0 Å². The molecule has 0 saturated carbocycles. The number of unbranched alkanes of at least 4 members (excludes halogenated alkanes) is 6. The molecule has 0 N–H and O–H groups in total. The monoisotopic (exact) mass is 1030 g/mol. The van der Waals surface area contributed by atoms with E-state index in [1.165, 1.54) is 14.2 Å². The molecule has 0 radical (unpaired) electrons. The third-order valence-electron chi connectivity index (χ3n) is 15.0. The summed E-state index contributed by atoms with van der Waals surface area (Å²) < 4.78 is 190. The number of halogens is 12. The fraction of sp³-hybridized carbons (Fsp3) is 0.579. The van der Waals surface area contributed by atoms with Gasteiger partial charge >= 0.3 is 24.7 Å². The molecule has 72 heavy (non-hydrogen) atoms. The van der Waals surface area contributed by atoms with E-state index in [-0.39, 0.29) is 58.4 Å². The number of hydrogen-bond donors (Lipinski definition) is 0. The summed E-state index contributed by atoms with van der Waals surface area (Å²) in [5.74, 6) is 0.0754. The minimum absolute atomic E-state index is 0.00965. The largest absolute Gasteiger partial charge is 0.496 e. The lowest BCUT2D eigenvalue weighted by molar-refractivity contribution is -0.963. The number of rotatable bonds is 16. The minimum Gasteiger partial charge on any atom is -0.496 e. The van der Waals surface area contributed by atoms with Crippen LogP contribution in [0.1, 0.15) is 178 Å². The van der Waals surface area contributed by atoms with Crippen LogP contribution in [-0.4, -0.2) is 31.8 Å². The van der Waals surface area contributed by atoms with Crippen LogP contribution in [0.15, 0.2) is 48.5 Å². The molecule has 4 aromatic rings. The van der Waals surface area contributed by atoms with Crippen molar-refractivity contribution in [1.82, 2.24) is 0 Å². The Bertz CT molecular complexity index is 2320. The molecule has 0 bridgehead atoms. The maximum absolute atomic E-state index is 14.8. The highest BCUT2D eigenvalue weighted by molar-refractivity contribution is 5.91. The van der Waals surface area contributed by atoms with Crippen LogP contribution in [0.5, 0.6) is 11.5 Å². The number of benzene rings is 4. The first-order valence-electron chi connectivity index (χ1n) is 24.9. The molecule has 400 valence electrons. The topological polar surface area (TPSA) is 18.5 Å². The van der Waals surface area contributed by atoms with Gasteiger partial charge in [0.15, 0.2) is 0 Å². The molecule has 3 nitrogen and oxygen atoms in total. The lowest BCUT2D eigenvalue weighted by atomic mass is 9.72. The van der Waals surface area contributed by atoms with E-state index in [4.69, 9.17) is 9.47 Å². The van der Waals surface area contributed by atoms with Crippen molar-refractivity contribution in [3.63, 3.8) is 0 Å². The third-order valence-corrected chi connectivity index (χ3v) is 15.0. The van der Waals surface area contributed by atoms with Crippen LogP contribution in [0.3, 0.4) is 0 Å². The zero-order chi connectivity index (χ0) is 54.4. The average Bonchev–Trinajstić information content (AvgIpc) is 3.39. The third kappa shape index (κ3) is 12.6. The molecule has 0 fully saturated rings. The van der Waals surface area contributed by atoms with Gasteiger partial charge in [-0.15, -0.1) is 0 Å². The van der Waals surface area contributed by atoms with E-state index in [9.17, 15) is 52.7 Å². The number of alkyl halides is 12. The van der Waals surface area contributed by atoms with Gasteiger partial charge in [-0.25, -0.2) is 0 Å². The zero-order valence-corrected chi connectivity index (χ0v) is 44.0. The standard InChI is InChI=1S/C57H72F12NO2/c1-14-16-18-20-22-53(10,23-21-19-17-15-2)34(3)70(11)32-43-41(30-45(51(4,5)6)49(71-12)47(43)35-24-37(54(58,59)60)28-38(25-35)55(61,62)63)42-31-46(52(7,8)9)50(72-13)48(44(42)33-70)36-26-39(56(64,65)66)29-40(27-36)57(67,68)69/h24-31,34H,14-23,32-33H2,1-13H3/q+1/t34-/m0/s1. The summed E-state index contributed by atoms with van der Waals surface area (Å²) in [5, 5.41) is 0. The molecule has 0 aliphatic carbocycles. The summed E-state index contributed by atoms with van der Waals surface area (Å²) in [6.07, 6.45) is -11.8. The molecule has 0 amide bonds. The molecule has 0 unspecified atom stereocenters. The van der Waals surface area contributed by atoms with Gasteiger partial charge in [0.1, 0.15) is 24.6 Å². The Hall–Kier alpha value is -4.40. The molecule has 1 aliphatic heterocycles. The smallest absolute Gasteiger partial charge is 0.416 e. The average molecular weight is 1030 g/mol. The molecule has 1 heterocycles. The minimum atomic E-state index is -5.21. The highest BCUT2D eigenvalue weighted by atomic mass is 19.4. The maximum Gasteiger partial charge on any atom is 0.416 e. The second kappa shape index (κ2) is 21.1. The molecule has 4 aromatic carbocycles. The number of ether oxygens (including phenoxy) is 2. The van der Waals surface area contributed by atoms with Gasteiger partial charge in [-0.1, -0.05) is 114 Å². The van der Waals surface area contributed by atoms with Crippen molar-refractivity contribution in [1.29, 1.82) is 0 Å². The Morgan fingerprint density at radius 2 is 0.778 bits per heavy atom. The number of fused-ring (bicyclic) bond motifs is 3. The second-order valence-electron chi connectivity index (χ2n) is 22.6. The van der Waals surface area contributed by atoms with Gasteiger partial charge in [0, 0.05) is 38.8 Å². The van der Waals surface area contributed by atoms with E-state index in [2.05, 4.69) is 27.7 Å². The van der Waals surface area contributed by atoms with Crippen molar-refractivity contribution in [2.45, 2.75) is 188 Å². The molecule has 0 spiro atoms. The van der Waals surface area contributed by atoms with Gasteiger partial charge in [-0.2, -0.15) is 52.7 Å². The summed E-state index contributed by atoms with van der Waals surface area (Å²) in [6.45, 7) is 19.2. The summed E-state index contributed by atoms with van der Waals surface area (Å²) in [7, 11) is 4.52. The van der Waals surface area contributed by atoms with Gasteiger partial charge in [-0.05, 0) is 101 Å². The van der Waals surface area contributed by atoms with Gasteiger partial charge in [0.2, 0.25) is 0 Å². The molecular weight excluding hydrogens is 959 g/mol. The Labute approximate surface area is 418 Å². The second-order valence-corrected chi connectivity index (χ2v) is 22.6.